The first-order valence-corrected chi connectivity index (χ1v) is 7.68. The van der Waals surface area contributed by atoms with Crippen molar-refractivity contribution in [2.24, 2.45) is 0 Å². The highest BCUT2D eigenvalue weighted by Crippen LogP contribution is 2.21. The molecular formula is C17H28N2. The lowest BCUT2D eigenvalue weighted by atomic mass is 9.94. The highest BCUT2D eigenvalue weighted by molar-refractivity contribution is 5.51. The van der Waals surface area contributed by atoms with E-state index in [1.807, 2.05) is 0 Å². The number of nitrogens with one attached hydrogen (secondary N) is 1. The van der Waals surface area contributed by atoms with E-state index in [-0.39, 0.29) is 0 Å². The Labute approximate surface area is 118 Å². The van der Waals surface area contributed by atoms with Gasteiger partial charge in [0.2, 0.25) is 0 Å². The molecule has 1 N–H and O–H groups in total. The average Bonchev–Trinajstić information content (AvgIpc) is 2.42. The zero-order valence-electron chi connectivity index (χ0n) is 12.7. The fourth-order valence-electron chi connectivity index (χ4n) is 3.08. The Morgan fingerprint density at radius 1 is 1.16 bits per heavy atom. The lowest BCUT2D eigenvalue weighted by Crippen LogP contribution is -2.36. The van der Waals surface area contributed by atoms with Gasteiger partial charge < -0.3 is 10.2 Å². The molecule has 0 radical (unpaired) electrons. The number of nitrogens with zero attached hydrogens (tertiary/aromatic N) is 1. The molecule has 2 heteroatoms. The summed E-state index contributed by atoms with van der Waals surface area (Å²) in [7, 11) is 2.28. The van der Waals surface area contributed by atoms with Crippen LogP contribution in [0, 0.1) is 13.8 Å². The molecule has 0 aromatic heterocycles. The second-order valence-corrected chi connectivity index (χ2v) is 6.02. The molecule has 1 aliphatic carbocycles. The number of aryl methyl sites for hydroxylation is 2. The molecule has 1 aromatic carbocycles. The van der Waals surface area contributed by atoms with E-state index in [1.165, 1.54) is 48.9 Å². The maximum absolute atomic E-state index is 3.57. The molecule has 1 aliphatic rings. The van der Waals surface area contributed by atoms with E-state index in [4.69, 9.17) is 0 Å². The summed E-state index contributed by atoms with van der Waals surface area (Å²) in [5, 5.41) is 3.57. The van der Waals surface area contributed by atoms with Crippen molar-refractivity contribution >= 4 is 5.69 Å². The number of likely N-dealkylation sites (N-methyl/N-ethyl adjacent to an activating group) is 1. The third-order valence-corrected chi connectivity index (χ3v) is 4.36. The maximum Gasteiger partial charge on any atom is 0.0370 e. The number of hydrogen-bond donors (Lipinski definition) is 1. The van der Waals surface area contributed by atoms with Crippen molar-refractivity contribution in [2.45, 2.75) is 52.0 Å². The van der Waals surface area contributed by atoms with Crippen LogP contribution in [0.15, 0.2) is 18.2 Å². The first-order valence-electron chi connectivity index (χ1n) is 7.68. The molecule has 1 aromatic rings. The predicted molar refractivity (Wildman–Crippen MR) is 83.9 cm³/mol. The third-order valence-electron chi connectivity index (χ3n) is 4.36. The molecule has 0 saturated heterocycles. The summed E-state index contributed by atoms with van der Waals surface area (Å²) in [4.78, 5) is 2.54. The van der Waals surface area contributed by atoms with E-state index < -0.39 is 0 Å². The molecule has 19 heavy (non-hydrogen) atoms. The fraction of sp³-hybridized carbons (Fsp3) is 0.647. The van der Waals surface area contributed by atoms with Crippen LogP contribution >= 0.6 is 0 Å². The van der Waals surface area contributed by atoms with Gasteiger partial charge in [-0.2, -0.15) is 0 Å². The van der Waals surface area contributed by atoms with E-state index in [0.717, 1.165) is 19.1 Å². The molecule has 106 valence electrons. The van der Waals surface area contributed by atoms with E-state index >= 15 is 0 Å². The van der Waals surface area contributed by atoms with Crippen LogP contribution in [-0.2, 0) is 0 Å². The lowest BCUT2D eigenvalue weighted by molar-refractivity contribution is 0.198. The molecule has 0 unspecified atom stereocenters. The standard InChI is InChI=1S/C17H28N2/c1-14-9-10-17(15(2)13-14)18-11-12-19(3)16-7-5-4-6-8-16/h9-10,13,16,18H,4-8,11-12H2,1-3H3. The molecule has 0 bridgehead atoms. The van der Waals surface area contributed by atoms with Crippen LogP contribution in [-0.4, -0.2) is 31.1 Å². The van der Waals surface area contributed by atoms with Crippen molar-refractivity contribution in [3.05, 3.63) is 29.3 Å². The Morgan fingerprint density at radius 3 is 2.58 bits per heavy atom. The largest absolute Gasteiger partial charge is 0.384 e. The number of rotatable bonds is 5. The summed E-state index contributed by atoms with van der Waals surface area (Å²) >= 11 is 0. The van der Waals surface area contributed by atoms with Crippen molar-refractivity contribution in [3.63, 3.8) is 0 Å². The Bertz CT molecular complexity index is 394. The van der Waals surface area contributed by atoms with Crippen LogP contribution in [0.1, 0.15) is 43.2 Å². The monoisotopic (exact) mass is 260 g/mol. The van der Waals surface area contributed by atoms with Crippen LogP contribution in [0.5, 0.6) is 0 Å². The Balaban J connectivity index is 1.76. The van der Waals surface area contributed by atoms with E-state index in [9.17, 15) is 0 Å². The van der Waals surface area contributed by atoms with E-state index in [0.29, 0.717) is 0 Å². The van der Waals surface area contributed by atoms with Crippen molar-refractivity contribution in [1.82, 2.24) is 4.90 Å². The number of benzene rings is 1. The smallest absolute Gasteiger partial charge is 0.0370 e. The summed E-state index contributed by atoms with van der Waals surface area (Å²) in [5.41, 5.74) is 3.96. The second kappa shape index (κ2) is 6.95. The quantitative estimate of drug-likeness (QED) is 0.861. The molecule has 1 saturated carbocycles. The summed E-state index contributed by atoms with van der Waals surface area (Å²) in [5.74, 6) is 0. The number of anilines is 1. The van der Waals surface area contributed by atoms with E-state index in [2.05, 4.69) is 49.3 Å². The Kier molecular flexibility index (Phi) is 5.26. The SMILES string of the molecule is Cc1ccc(NCCN(C)C2CCCCC2)c(C)c1. The lowest BCUT2D eigenvalue weighted by Gasteiger charge is -2.31. The molecule has 2 nitrogen and oxygen atoms in total. The van der Waals surface area contributed by atoms with Crippen LogP contribution in [0.2, 0.25) is 0 Å². The van der Waals surface area contributed by atoms with Crippen LogP contribution in [0.4, 0.5) is 5.69 Å². The van der Waals surface area contributed by atoms with Gasteiger partial charge in [0.15, 0.2) is 0 Å². The van der Waals surface area contributed by atoms with Crippen LogP contribution in [0.25, 0.3) is 0 Å². The van der Waals surface area contributed by atoms with Gasteiger partial charge in [-0.25, -0.2) is 0 Å². The molecule has 0 spiro atoms. The van der Waals surface area contributed by atoms with Crippen LogP contribution < -0.4 is 5.32 Å². The highest BCUT2D eigenvalue weighted by atomic mass is 15.1. The minimum absolute atomic E-state index is 0.815. The predicted octanol–water partition coefficient (Wildman–Crippen LogP) is 3.98. The summed E-state index contributed by atoms with van der Waals surface area (Å²) < 4.78 is 0. The molecule has 2 rings (SSSR count). The first-order chi connectivity index (χ1) is 9.16. The molecular weight excluding hydrogens is 232 g/mol. The van der Waals surface area contributed by atoms with Gasteiger partial charge in [0.1, 0.15) is 0 Å². The minimum atomic E-state index is 0.815. The number of hydrogen-bond acceptors (Lipinski definition) is 2. The molecule has 0 heterocycles. The minimum Gasteiger partial charge on any atom is -0.384 e. The summed E-state index contributed by atoms with van der Waals surface area (Å²) in [6.07, 6.45) is 7.05. The fourth-order valence-corrected chi connectivity index (χ4v) is 3.08. The van der Waals surface area contributed by atoms with Gasteiger partial charge >= 0.3 is 0 Å². The Hall–Kier alpha value is -1.02. The van der Waals surface area contributed by atoms with Crippen molar-refractivity contribution < 1.29 is 0 Å². The normalized spacial score (nSPS) is 16.8. The van der Waals surface area contributed by atoms with Crippen molar-refractivity contribution in [2.75, 3.05) is 25.5 Å². The van der Waals surface area contributed by atoms with Crippen molar-refractivity contribution in [3.8, 4) is 0 Å². The Morgan fingerprint density at radius 2 is 1.89 bits per heavy atom. The van der Waals surface area contributed by atoms with Gasteiger partial charge in [-0.3, -0.25) is 0 Å². The van der Waals surface area contributed by atoms with Gasteiger partial charge in [0.25, 0.3) is 0 Å². The van der Waals surface area contributed by atoms with Gasteiger partial charge in [-0.15, -0.1) is 0 Å². The summed E-state index contributed by atoms with van der Waals surface area (Å²) in [6, 6.07) is 7.44. The summed E-state index contributed by atoms with van der Waals surface area (Å²) in [6.45, 7) is 6.50. The second-order valence-electron chi connectivity index (χ2n) is 6.02. The van der Waals surface area contributed by atoms with Gasteiger partial charge in [-0.1, -0.05) is 37.0 Å². The van der Waals surface area contributed by atoms with Crippen LogP contribution in [0.3, 0.4) is 0 Å². The molecule has 0 amide bonds. The molecule has 1 fully saturated rings. The average molecular weight is 260 g/mol. The van der Waals surface area contributed by atoms with Crippen molar-refractivity contribution in [1.29, 1.82) is 0 Å². The maximum atomic E-state index is 3.57. The van der Waals surface area contributed by atoms with Gasteiger partial charge in [0, 0.05) is 24.8 Å². The topological polar surface area (TPSA) is 15.3 Å². The zero-order valence-corrected chi connectivity index (χ0v) is 12.7. The highest BCUT2D eigenvalue weighted by Gasteiger charge is 2.17. The molecule has 0 aliphatic heterocycles. The van der Waals surface area contributed by atoms with E-state index in [1.54, 1.807) is 0 Å². The molecule has 0 atom stereocenters. The zero-order chi connectivity index (χ0) is 13.7. The van der Waals surface area contributed by atoms with Gasteiger partial charge in [0.05, 0.1) is 0 Å². The van der Waals surface area contributed by atoms with Gasteiger partial charge in [-0.05, 0) is 45.4 Å². The third kappa shape index (κ3) is 4.24. The first kappa shape index (κ1) is 14.4.